The van der Waals surface area contributed by atoms with E-state index >= 15 is 0 Å². The van der Waals surface area contributed by atoms with Gasteiger partial charge >= 0.3 is 11.2 Å². The number of aromatic amines is 1. The number of hydrogen-bond acceptors (Lipinski definition) is 8. The highest BCUT2D eigenvalue weighted by Crippen LogP contribution is 2.29. The Labute approximate surface area is 193 Å². The summed E-state index contributed by atoms with van der Waals surface area (Å²) >= 11 is 0. The first-order valence-corrected chi connectivity index (χ1v) is 10.0. The lowest BCUT2D eigenvalue weighted by Gasteiger charge is -2.12. The van der Waals surface area contributed by atoms with E-state index < -0.39 is 22.0 Å². The van der Waals surface area contributed by atoms with Crippen LogP contribution in [0, 0.1) is 24.0 Å². The van der Waals surface area contributed by atoms with Crippen molar-refractivity contribution in [1.29, 1.82) is 0 Å². The Morgan fingerprint density at radius 3 is 2.59 bits per heavy atom. The number of carbonyl (C=O) groups excluding carboxylic acids is 1. The van der Waals surface area contributed by atoms with E-state index in [0.29, 0.717) is 22.7 Å². The maximum Gasteiger partial charge on any atom is 0.395 e. The summed E-state index contributed by atoms with van der Waals surface area (Å²) in [5.74, 6) is -0.685. The lowest BCUT2D eigenvalue weighted by molar-refractivity contribution is -0.387. The van der Waals surface area contributed by atoms with Crippen molar-refractivity contribution < 1.29 is 24.3 Å². The van der Waals surface area contributed by atoms with E-state index in [0.717, 1.165) is 11.1 Å². The number of carbonyl (C=O) groups is 1. The van der Waals surface area contributed by atoms with Crippen molar-refractivity contribution >= 4 is 29.4 Å². The van der Waals surface area contributed by atoms with Gasteiger partial charge in [0, 0.05) is 5.69 Å². The molecule has 1 amide bonds. The SMILES string of the molecule is COc1cc(/C=C\c2nc(O)c([N+](=O)[O-])c(=O)[nH]2)ccc1OCC(=O)Nc1ccc(C)c(C)c1. The van der Waals surface area contributed by atoms with Crippen LogP contribution in [0.5, 0.6) is 17.4 Å². The van der Waals surface area contributed by atoms with Crippen LogP contribution < -0.4 is 20.3 Å². The molecule has 0 spiro atoms. The summed E-state index contributed by atoms with van der Waals surface area (Å²) in [7, 11) is 1.44. The molecule has 0 aliphatic heterocycles. The highest BCUT2D eigenvalue weighted by Gasteiger charge is 2.21. The van der Waals surface area contributed by atoms with Crippen LogP contribution in [-0.4, -0.2) is 39.6 Å². The Bertz CT molecular complexity index is 1330. The van der Waals surface area contributed by atoms with Crippen molar-refractivity contribution in [2.45, 2.75) is 13.8 Å². The summed E-state index contributed by atoms with van der Waals surface area (Å²) in [6.07, 6.45) is 2.90. The molecule has 34 heavy (non-hydrogen) atoms. The molecule has 0 bridgehead atoms. The van der Waals surface area contributed by atoms with Crippen LogP contribution in [0.25, 0.3) is 12.2 Å². The number of H-pyrrole nitrogens is 1. The molecule has 3 N–H and O–H groups in total. The number of ether oxygens (including phenoxy) is 2. The van der Waals surface area contributed by atoms with Crippen molar-refractivity contribution in [1.82, 2.24) is 9.97 Å². The van der Waals surface area contributed by atoms with Crippen LogP contribution in [0.2, 0.25) is 0 Å². The number of nitrogens with zero attached hydrogens (tertiary/aromatic N) is 2. The van der Waals surface area contributed by atoms with Crippen LogP contribution >= 0.6 is 0 Å². The molecule has 1 aromatic heterocycles. The van der Waals surface area contributed by atoms with Crippen LogP contribution in [0.15, 0.2) is 41.2 Å². The molecule has 0 atom stereocenters. The highest BCUT2D eigenvalue weighted by atomic mass is 16.6. The van der Waals surface area contributed by atoms with Gasteiger partial charge in [-0.2, -0.15) is 4.98 Å². The van der Waals surface area contributed by atoms with E-state index in [2.05, 4.69) is 15.3 Å². The smallest absolute Gasteiger partial charge is 0.395 e. The van der Waals surface area contributed by atoms with Gasteiger partial charge in [0.2, 0.25) is 0 Å². The van der Waals surface area contributed by atoms with Gasteiger partial charge in [-0.15, -0.1) is 0 Å². The monoisotopic (exact) mass is 466 g/mol. The maximum absolute atomic E-state index is 12.2. The summed E-state index contributed by atoms with van der Waals surface area (Å²) in [5, 5.41) is 23.1. The Balaban J connectivity index is 1.68. The Morgan fingerprint density at radius 2 is 1.94 bits per heavy atom. The van der Waals surface area contributed by atoms with E-state index in [-0.39, 0.29) is 18.3 Å². The molecule has 3 aromatic rings. The van der Waals surface area contributed by atoms with Crippen LogP contribution in [0.1, 0.15) is 22.5 Å². The fourth-order valence-electron chi connectivity index (χ4n) is 2.96. The average molecular weight is 466 g/mol. The average Bonchev–Trinajstić information content (AvgIpc) is 2.78. The molecule has 11 heteroatoms. The zero-order valence-corrected chi connectivity index (χ0v) is 18.6. The summed E-state index contributed by atoms with van der Waals surface area (Å²) in [5.41, 5.74) is 1.38. The number of rotatable bonds is 8. The molecule has 3 rings (SSSR count). The van der Waals surface area contributed by atoms with Gasteiger partial charge in [0.05, 0.1) is 12.0 Å². The minimum absolute atomic E-state index is 0.0737. The minimum atomic E-state index is -1.07. The van der Waals surface area contributed by atoms with Crippen molar-refractivity contribution in [2.75, 3.05) is 19.0 Å². The second kappa shape index (κ2) is 10.3. The largest absolute Gasteiger partial charge is 0.493 e. The quantitative estimate of drug-likeness (QED) is 0.337. The van der Waals surface area contributed by atoms with Gasteiger partial charge in [0.1, 0.15) is 5.82 Å². The van der Waals surface area contributed by atoms with E-state index in [1.165, 1.54) is 13.2 Å². The van der Waals surface area contributed by atoms with Crippen LogP contribution in [0.3, 0.4) is 0 Å². The van der Waals surface area contributed by atoms with E-state index in [9.17, 15) is 24.8 Å². The molecule has 176 valence electrons. The summed E-state index contributed by atoms with van der Waals surface area (Å²) in [4.78, 5) is 39.5. The number of amides is 1. The second-order valence-corrected chi connectivity index (χ2v) is 7.26. The number of aromatic hydroxyl groups is 1. The van der Waals surface area contributed by atoms with Gasteiger partial charge in [-0.3, -0.25) is 19.7 Å². The summed E-state index contributed by atoms with van der Waals surface area (Å²) < 4.78 is 10.9. The lowest BCUT2D eigenvalue weighted by atomic mass is 10.1. The third-order valence-corrected chi connectivity index (χ3v) is 4.85. The molecule has 0 saturated carbocycles. The van der Waals surface area contributed by atoms with Gasteiger partial charge in [-0.1, -0.05) is 18.2 Å². The van der Waals surface area contributed by atoms with Crippen molar-refractivity contribution in [3.63, 3.8) is 0 Å². The van der Waals surface area contributed by atoms with Crippen LogP contribution in [-0.2, 0) is 4.79 Å². The number of anilines is 1. The topological polar surface area (TPSA) is 157 Å². The molecule has 0 saturated heterocycles. The molecule has 0 fully saturated rings. The Kier molecular flexibility index (Phi) is 7.26. The molecule has 0 aliphatic carbocycles. The third-order valence-electron chi connectivity index (χ3n) is 4.85. The number of nitro groups is 1. The molecular formula is C23H22N4O7. The normalized spacial score (nSPS) is 10.8. The second-order valence-electron chi connectivity index (χ2n) is 7.26. The van der Waals surface area contributed by atoms with Gasteiger partial charge in [0.15, 0.2) is 18.1 Å². The van der Waals surface area contributed by atoms with E-state index in [1.807, 2.05) is 32.0 Å². The van der Waals surface area contributed by atoms with Crippen molar-refractivity contribution in [3.8, 4) is 17.4 Å². The van der Waals surface area contributed by atoms with Gasteiger partial charge in [0.25, 0.3) is 11.8 Å². The third kappa shape index (κ3) is 5.76. The number of aromatic nitrogens is 2. The summed E-state index contributed by atoms with van der Waals surface area (Å²) in [6.45, 7) is 3.72. The molecule has 2 aromatic carbocycles. The van der Waals surface area contributed by atoms with Crippen molar-refractivity contribution in [2.24, 2.45) is 0 Å². The minimum Gasteiger partial charge on any atom is -0.493 e. The van der Waals surface area contributed by atoms with Gasteiger partial charge < -0.3 is 24.9 Å². The molecule has 0 unspecified atom stereocenters. The number of benzene rings is 2. The first-order chi connectivity index (χ1) is 16.2. The predicted molar refractivity (Wildman–Crippen MR) is 125 cm³/mol. The Hall–Kier alpha value is -4.67. The first-order valence-electron chi connectivity index (χ1n) is 10.0. The van der Waals surface area contributed by atoms with E-state index in [1.54, 1.807) is 24.3 Å². The molecule has 1 heterocycles. The standard InChI is InChI=1S/C23H22N4O7/c1-13-4-7-16(10-14(13)2)24-20(28)12-34-17-8-5-15(11-18(17)33-3)6-9-19-25-22(29)21(27(31)32)23(30)26-19/h4-11H,12H2,1-3H3,(H,24,28)(H2,25,26,29,30)/b9-6-. The number of nitrogens with one attached hydrogen (secondary N) is 2. The molecule has 0 aliphatic rings. The summed E-state index contributed by atoms with van der Waals surface area (Å²) in [6, 6.07) is 10.5. The predicted octanol–water partition coefficient (Wildman–Crippen LogP) is 3.20. The zero-order valence-electron chi connectivity index (χ0n) is 18.6. The fraction of sp³-hybridized carbons (Fsp3) is 0.174. The van der Waals surface area contributed by atoms with E-state index in [4.69, 9.17) is 9.47 Å². The zero-order chi connectivity index (χ0) is 24.8. The lowest BCUT2D eigenvalue weighted by Crippen LogP contribution is -2.20. The van der Waals surface area contributed by atoms with Gasteiger partial charge in [-0.25, -0.2) is 0 Å². The fourth-order valence-corrected chi connectivity index (χ4v) is 2.96. The maximum atomic E-state index is 12.2. The number of hydrogen-bond donors (Lipinski definition) is 3. The Morgan fingerprint density at radius 1 is 1.18 bits per heavy atom. The number of aryl methyl sites for hydroxylation is 2. The molecule has 0 radical (unpaired) electrons. The number of methoxy groups -OCH3 is 1. The highest BCUT2D eigenvalue weighted by molar-refractivity contribution is 5.92. The molecular weight excluding hydrogens is 444 g/mol. The van der Waals surface area contributed by atoms with Gasteiger partial charge in [-0.05, 0) is 60.9 Å². The first kappa shape index (κ1) is 24.0. The van der Waals surface area contributed by atoms with Crippen molar-refractivity contribution in [3.05, 3.63) is 79.4 Å². The van der Waals surface area contributed by atoms with Crippen LogP contribution in [0.4, 0.5) is 11.4 Å². The molecule has 11 nitrogen and oxygen atoms in total.